The number of rotatable bonds is 5. The lowest BCUT2D eigenvalue weighted by molar-refractivity contribution is -0.118. The second-order valence-corrected chi connectivity index (χ2v) is 7.72. The molecule has 1 fully saturated rings. The summed E-state index contributed by atoms with van der Waals surface area (Å²) in [5.41, 5.74) is 1.33. The molecule has 1 aliphatic carbocycles. The highest BCUT2D eigenvalue weighted by Gasteiger charge is 2.52. The van der Waals surface area contributed by atoms with Crippen LogP contribution in [0, 0.1) is 0 Å². The molecule has 1 aromatic carbocycles. The zero-order valence-electron chi connectivity index (χ0n) is 14.3. The molecule has 0 atom stereocenters. The lowest BCUT2D eigenvalue weighted by Gasteiger charge is -2.15. The number of nitrogens with zero attached hydrogens (tertiary/aromatic N) is 3. The maximum atomic E-state index is 12.9. The predicted molar refractivity (Wildman–Crippen MR) is 99.1 cm³/mol. The molecular weight excluding hydrogens is 364 g/mol. The van der Waals surface area contributed by atoms with Gasteiger partial charge in [-0.15, -0.1) is 11.3 Å². The first-order chi connectivity index (χ1) is 13.2. The zero-order chi connectivity index (χ0) is 18.3. The maximum absolute atomic E-state index is 12.9. The minimum atomic E-state index is -0.502. The highest BCUT2D eigenvalue weighted by Crippen LogP contribution is 2.51. The highest BCUT2D eigenvalue weighted by molar-refractivity contribution is 7.15. The number of fused-ring (bicyclic) bond motifs is 1. The Morgan fingerprint density at radius 1 is 1.15 bits per heavy atom. The molecule has 3 aromatic rings. The summed E-state index contributed by atoms with van der Waals surface area (Å²) in [6.07, 6.45) is 9.10. The Morgan fingerprint density at radius 3 is 2.85 bits per heavy atom. The van der Waals surface area contributed by atoms with Crippen molar-refractivity contribution in [2.24, 2.45) is 0 Å². The fourth-order valence-corrected chi connectivity index (χ4v) is 4.05. The van der Waals surface area contributed by atoms with Gasteiger partial charge in [-0.2, -0.15) is 0 Å². The molecule has 0 unspecified atom stereocenters. The van der Waals surface area contributed by atoms with Gasteiger partial charge in [-0.1, -0.05) is 6.07 Å². The molecule has 27 heavy (non-hydrogen) atoms. The van der Waals surface area contributed by atoms with Crippen molar-refractivity contribution in [1.29, 1.82) is 0 Å². The number of anilines is 1. The number of benzene rings is 1. The molecule has 1 aliphatic heterocycles. The predicted octanol–water partition coefficient (Wildman–Crippen LogP) is 2.92. The lowest BCUT2D eigenvalue weighted by atomic mass is 9.94. The van der Waals surface area contributed by atoms with E-state index in [1.807, 2.05) is 18.2 Å². The second-order valence-electron chi connectivity index (χ2n) is 6.61. The van der Waals surface area contributed by atoms with Gasteiger partial charge in [0.25, 0.3) is 0 Å². The van der Waals surface area contributed by atoms with Gasteiger partial charge < -0.3 is 14.8 Å². The summed E-state index contributed by atoms with van der Waals surface area (Å²) in [5, 5.41) is 3.58. The summed E-state index contributed by atoms with van der Waals surface area (Å²) < 4.78 is 10.8. The molecule has 2 aromatic heterocycles. The van der Waals surface area contributed by atoms with Crippen LogP contribution >= 0.6 is 11.3 Å². The lowest BCUT2D eigenvalue weighted by Crippen LogP contribution is -2.27. The Labute approximate surface area is 159 Å². The molecule has 0 bridgehead atoms. The van der Waals surface area contributed by atoms with Crippen molar-refractivity contribution in [2.75, 3.05) is 12.1 Å². The van der Waals surface area contributed by atoms with Gasteiger partial charge in [0.05, 0.1) is 11.1 Å². The molecule has 0 saturated heterocycles. The molecule has 7 nitrogen and oxygen atoms in total. The summed E-state index contributed by atoms with van der Waals surface area (Å²) in [6.45, 7) is 0.228. The molecule has 5 rings (SSSR count). The average molecular weight is 380 g/mol. The van der Waals surface area contributed by atoms with Gasteiger partial charge in [-0.05, 0) is 30.5 Å². The van der Waals surface area contributed by atoms with Gasteiger partial charge in [0, 0.05) is 36.1 Å². The summed E-state index contributed by atoms with van der Waals surface area (Å²) >= 11 is 1.46. The Bertz CT molecular complexity index is 1000. The van der Waals surface area contributed by atoms with Crippen LogP contribution in [0.15, 0.2) is 43.0 Å². The Hall–Kier alpha value is -3.00. The fraction of sp³-hybridized carbons (Fsp3) is 0.263. The van der Waals surface area contributed by atoms with E-state index in [1.165, 1.54) is 11.3 Å². The quantitative estimate of drug-likeness (QED) is 0.732. The second kappa shape index (κ2) is 6.31. The van der Waals surface area contributed by atoms with E-state index < -0.39 is 5.41 Å². The minimum Gasteiger partial charge on any atom is -0.454 e. The molecule has 136 valence electrons. The molecule has 2 aliphatic rings. The number of hydrogen-bond donors (Lipinski definition) is 1. The fourth-order valence-electron chi connectivity index (χ4n) is 3.23. The van der Waals surface area contributed by atoms with Gasteiger partial charge in [-0.3, -0.25) is 14.8 Å². The van der Waals surface area contributed by atoms with Crippen molar-refractivity contribution in [3.8, 4) is 11.5 Å². The first-order valence-corrected chi connectivity index (χ1v) is 9.46. The molecule has 1 N–H and O–H groups in total. The number of aromatic nitrogens is 3. The SMILES string of the molecule is O=C(Nc1ncc(Cc2cnccn2)s1)C1(c2ccc3c(c2)OCO3)CC1. The topological polar surface area (TPSA) is 86.2 Å². The summed E-state index contributed by atoms with van der Waals surface area (Å²) in [5.74, 6) is 1.40. The molecule has 1 saturated carbocycles. The van der Waals surface area contributed by atoms with E-state index in [0.29, 0.717) is 17.3 Å². The van der Waals surface area contributed by atoms with Gasteiger partial charge in [0.2, 0.25) is 12.7 Å². The maximum Gasteiger partial charge on any atom is 0.236 e. The minimum absolute atomic E-state index is 0.0261. The van der Waals surface area contributed by atoms with Crippen molar-refractivity contribution in [2.45, 2.75) is 24.7 Å². The van der Waals surface area contributed by atoms with E-state index in [4.69, 9.17) is 9.47 Å². The van der Waals surface area contributed by atoms with Gasteiger partial charge in [-0.25, -0.2) is 4.98 Å². The van der Waals surface area contributed by atoms with Crippen LogP contribution in [-0.4, -0.2) is 27.7 Å². The molecule has 0 spiro atoms. The standard InChI is InChI=1S/C19H16N4O3S/c24-17(19(3-4-19)12-1-2-15-16(7-12)26-11-25-15)23-18-22-10-14(27-18)8-13-9-20-5-6-21-13/h1-2,5-7,9-10H,3-4,8,11H2,(H,22,23,24). The summed E-state index contributed by atoms with van der Waals surface area (Å²) in [7, 11) is 0. The van der Waals surface area contributed by atoms with E-state index >= 15 is 0 Å². The summed E-state index contributed by atoms with van der Waals surface area (Å²) in [6, 6.07) is 5.73. The van der Waals surface area contributed by atoms with Gasteiger partial charge in [0.1, 0.15) is 0 Å². The smallest absolute Gasteiger partial charge is 0.236 e. The van der Waals surface area contributed by atoms with Crippen molar-refractivity contribution >= 4 is 22.4 Å². The normalized spacial score (nSPS) is 16.1. The Balaban J connectivity index is 1.30. The van der Waals surface area contributed by atoms with E-state index in [1.54, 1.807) is 24.8 Å². The van der Waals surface area contributed by atoms with Crippen molar-refractivity contribution in [3.63, 3.8) is 0 Å². The highest BCUT2D eigenvalue weighted by atomic mass is 32.1. The number of amides is 1. The molecule has 0 radical (unpaired) electrons. The molecular formula is C19H16N4O3S. The van der Waals surface area contributed by atoms with E-state index in [0.717, 1.165) is 34.7 Å². The Morgan fingerprint density at radius 2 is 2.04 bits per heavy atom. The number of carbonyl (C=O) groups excluding carboxylic acids is 1. The van der Waals surface area contributed by atoms with Crippen LogP contribution in [0.1, 0.15) is 29.0 Å². The third-order valence-corrected chi connectivity index (χ3v) is 5.77. The molecule has 3 heterocycles. The Kier molecular flexibility index (Phi) is 3.78. The van der Waals surface area contributed by atoms with Crippen LogP contribution < -0.4 is 14.8 Å². The van der Waals surface area contributed by atoms with Crippen LogP contribution in [0.4, 0.5) is 5.13 Å². The third kappa shape index (κ3) is 3.02. The van der Waals surface area contributed by atoms with Crippen LogP contribution in [0.5, 0.6) is 11.5 Å². The van der Waals surface area contributed by atoms with Crippen molar-refractivity contribution in [3.05, 3.63) is 59.1 Å². The zero-order valence-corrected chi connectivity index (χ0v) is 15.2. The van der Waals surface area contributed by atoms with Crippen molar-refractivity contribution in [1.82, 2.24) is 15.0 Å². The van der Waals surface area contributed by atoms with Crippen LogP contribution in [-0.2, 0) is 16.6 Å². The number of carbonyl (C=O) groups is 1. The number of nitrogens with one attached hydrogen (secondary N) is 1. The van der Waals surface area contributed by atoms with Crippen LogP contribution in [0.25, 0.3) is 0 Å². The largest absolute Gasteiger partial charge is 0.454 e. The average Bonchev–Trinajstić information content (AvgIpc) is 3.17. The van der Waals surface area contributed by atoms with E-state index in [-0.39, 0.29) is 12.7 Å². The summed E-state index contributed by atoms with van der Waals surface area (Å²) in [4.78, 5) is 26.6. The van der Waals surface area contributed by atoms with Gasteiger partial charge >= 0.3 is 0 Å². The van der Waals surface area contributed by atoms with Crippen LogP contribution in [0.2, 0.25) is 0 Å². The van der Waals surface area contributed by atoms with Gasteiger partial charge in [0.15, 0.2) is 16.6 Å². The van der Waals surface area contributed by atoms with E-state index in [9.17, 15) is 4.79 Å². The first-order valence-electron chi connectivity index (χ1n) is 8.64. The van der Waals surface area contributed by atoms with Crippen LogP contribution in [0.3, 0.4) is 0 Å². The molecule has 1 amide bonds. The van der Waals surface area contributed by atoms with E-state index in [2.05, 4.69) is 20.3 Å². The number of thiazole rings is 1. The molecule has 8 heteroatoms. The monoisotopic (exact) mass is 380 g/mol. The first kappa shape index (κ1) is 16.2. The van der Waals surface area contributed by atoms with Crippen molar-refractivity contribution < 1.29 is 14.3 Å². The number of ether oxygens (including phenoxy) is 2. The third-order valence-electron chi connectivity index (χ3n) is 4.86. The number of hydrogen-bond acceptors (Lipinski definition) is 7.